The Kier molecular flexibility index (Phi) is 46.1. The SMILES string of the molecule is C=C(C)[C-]=O.[Cl-].[Cl-].[Cr+3]. The molecule has 0 aliphatic heterocycles. The fourth-order valence-corrected chi connectivity index (χ4v) is 0. The van der Waals surface area contributed by atoms with Gasteiger partial charge in [-0.05, 0) is 6.29 Å². The predicted molar refractivity (Wildman–Crippen MR) is 20.5 cm³/mol. The third-order valence-corrected chi connectivity index (χ3v) is 0.174. The molecule has 0 aliphatic rings. The standard InChI is InChI=1S/C4H5O.2ClH.Cr/c1-4(2)3-5;;;/h1H2,2H3;2*1H;/q-1;;;+3/p-2. The monoisotopic (exact) mass is 191 g/mol. The minimum absolute atomic E-state index is 0. The molecule has 1 radical (unpaired) electrons. The molecule has 0 bridgehead atoms. The first-order valence-electron chi connectivity index (χ1n) is 1.31. The van der Waals surface area contributed by atoms with Gasteiger partial charge in [-0.2, -0.15) is 5.57 Å². The van der Waals surface area contributed by atoms with Crippen LogP contribution in [0.1, 0.15) is 6.92 Å². The maximum absolute atomic E-state index is 9.28. The zero-order valence-corrected chi connectivity index (χ0v) is 7.07. The van der Waals surface area contributed by atoms with Crippen LogP contribution in [0.3, 0.4) is 0 Å². The first-order chi connectivity index (χ1) is 2.27. The Morgan fingerprint density at radius 2 is 1.62 bits per heavy atom. The maximum Gasteiger partial charge on any atom is 3.00 e. The smallest absolute Gasteiger partial charge is 1.00 e. The molecule has 0 amide bonds. The van der Waals surface area contributed by atoms with Crippen LogP contribution in [0.5, 0.6) is 0 Å². The second-order valence-corrected chi connectivity index (χ2v) is 0.882. The van der Waals surface area contributed by atoms with Gasteiger partial charge in [-0.1, -0.05) is 6.92 Å². The largest absolute Gasteiger partial charge is 3.00 e. The van der Waals surface area contributed by atoms with Crippen molar-refractivity contribution >= 4 is 6.29 Å². The van der Waals surface area contributed by atoms with Crippen LogP contribution in [-0.4, -0.2) is 6.29 Å². The van der Waals surface area contributed by atoms with E-state index in [9.17, 15) is 4.79 Å². The fraction of sp³-hybridized carbons (Fsp3) is 0.250. The first-order valence-corrected chi connectivity index (χ1v) is 1.31. The molecule has 4 heteroatoms. The van der Waals surface area contributed by atoms with Gasteiger partial charge < -0.3 is 29.6 Å². The predicted octanol–water partition coefficient (Wildman–Crippen LogP) is -5.32. The average Bonchev–Trinajstić information content (AvgIpc) is 1.38. The third-order valence-electron chi connectivity index (χ3n) is 0.174. The summed E-state index contributed by atoms with van der Waals surface area (Å²) in [7, 11) is 0. The summed E-state index contributed by atoms with van der Waals surface area (Å²) in [6.07, 6.45) is 1.58. The van der Waals surface area contributed by atoms with E-state index >= 15 is 0 Å². The molecule has 0 aromatic carbocycles. The number of allylic oxidation sites excluding steroid dienone is 1. The van der Waals surface area contributed by atoms with E-state index in [-0.39, 0.29) is 42.2 Å². The van der Waals surface area contributed by atoms with Gasteiger partial charge in [-0.3, -0.25) is 0 Å². The Hall–Kier alpha value is 0.522. The van der Waals surface area contributed by atoms with Gasteiger partial charge in [-0.25, -0.2) is 6.58 Å². The van der Waals surface area contributed by atoms with Gasteiger partial charge in [0.2, 0.25) is 0 Å². The molecule has 0 N–H and O–H groups in total. The number of halogens is 2. The molecule has 0 aliphatic carbocycles. The molecule has 0 fully saturated rings. The summed E-state index contributed by atoms with van der Waals surface area (Å²) in [6, 6.07) is 0. The molecule has 0 rings (SSSR count). The van der Waals surface area contributed by atoms with Gasteiger partial charge in [0.15, 0.2) is 0 Å². The molecule has 0 unspecified atom stereocenters. The van der Waals surface area contributed by atoms with E-state index < -0.39 is 0 Å². The summed E-state index contributed by atoms with van der Waals surface area (Å²) in [6.45, 7) is 4.85. The summed E-state index contributed by atoms with van der Waals surface area (Å²) < 4.78 is 0. The zero-order chi connectivity index (χ0) is 4.28. The van der Waals surface area contributed by atoms with Gasteiger partial charge >= 0.3 is 17.4 Å². The van der Waals surface area contributed by atoms with Gasteiger partial charge in [0.05, 0.1) is 0 Å². The molecule has 0 aromatic heterocycles. The van der Waals surface area contributed by atoms with Gasteiger partial charge in [-0.15, -0.1) is 0 Å². The first kappa shape index (κ1) is 23.6. The van der Waals surface area contributed by atoms with Crippen molar-refractivity contribution in [2.45, 2.75) is 6.92 Å². The molecule has 0 saturated carbocycles. The molecular weight excluding hydrogens is 187 g/mol. The Balaban J connectivity index is -0.0000000267. The Bertz CT molecular complexity index is 65.1. The van der Waals surface area contributed by atoms with E-state index in [0.717, 1.165) is 0 Å². The Morgan fingerprint density at radius 1 is 1.50 bits per heavy atom. The van der Waals surface area contributed by atoms with Crippen molar-refractivity contribution in [3.63, 3.8) is 0 Å². The van der Waals surface area contributed by atoms with Gasteiger partial charge in [0.25, 0.3) is 0 Å². The Morgan fingerprint density at radius 3 is 1.62 bits per heavy atom. The van der Waals surface area contributed by atoms with Crippen LogP contribution < -0.4 is 24.8 Å². The van der Waals surface area contributed by atoms with E-state index in [0.29, 0.717) is 5.57 Å². The topological polar surface area (TPSA) is 17.1 Å². The summed E-state index contributed by atoms with van der Waals surface area (Å²) in [5.74, 6) is 0. The van der Waals surface area contributed by atoms with Crippen LogP contribution >= 0.6 is 0 Å². The molecule has 8 heavy (non-hydrogen) atoms. The Labute approximate surface area is 72.5 Å². The average molecular weight is 192 g/mol. The molecule has 0 atom stereocenters. The zero-order valence-electron chi connectivity index (χ0n) is 4.28. The van der Waals surface area contributed by atoms with Crippen LogP contribution in [0.2, 0.25) is 0 Å². The van der Waals surface area contributed by atoms with E-state index in [1.165, 1.54) is 0 Å². The molecule has 0 heterocycles. The van der Waals surface area contributed by atoms with Crippen molar-refractivity contribution in [3.05, 3.63) is 12.2 Å². The van der Waals surface area contributed by atoms with Gasteiger partial charge in [0.1, 0.15) is 0 Å². The van der Waals surface area contributed by atoms with Crippen LogP contribution in [0.15, 0.2) is 12.2 Å². The second kappa shape index (κ2) is 15.6. The summed E-state index contributed by atoms with van der Waals surface area (Å²) in [4.78, 5) is 9.28. The van der Waals surface area contributed by atoms with Crippen molar-refractivity contribution in [2.24, 2.45) is 0 Å². The number of rotatable bonds is 1. The van der Waals surface area contributed by atoms with Crippen molar-refractivity contribution < 1.29 is 47.0 Å². The van der Waals surface area contributed by atoms with E-state index in [1.807, 2.05) is 0 Å². The van der Waals surface area contributed by atoms with Crippen LogP contribution in [0.25, 0.3) is 0 Å². The third kappa shape index (κ3) is 31.3. The molecule has 0 spiro atoms. The quantitative estimate of drug-likeness (QED) is 0.299. The van der Waals surface area contributed by atoms with Crippen LogP contribution in [-0.2, 0) is 22.2 Å². The van der Waals surface area contributed by atoms with Gasteiger partial charge in [0, 0.05) is 0 Å². The van der Waals surface area contributed by atoms with E-state index in [1.54, 1.807) is 13.2 Å². The molecule has 1 nitrogen and oxygen atoms in total. The minimum Gasteiger partial charge on any atom is -1.00 e. The van der Waals surface area contributed by atoms with Crippen molar-refractivity contribution in [3.8, 4) is 0 Å². The minimum atomic E-state index is 0. The second-order valence-electron chi connectivity index (χ2n) is 0.882. The van der Waals surface area contributed by atoms with E-state index in [4.69, 9.17) is 0 Å². The van der Waals surface area contributed by atoms with Crippen molar-refractivity contribution in [1.82, 2.24) is 0 Å². The number of carbonyl (C=O) groups excluding carboxylic acids is 1. The fourth-order valence-electron chi connectivity index (χ4n) is 0. The molecule has 0 aromatic rings. The van der Waals surface area contributed by atoms with Crippen LogP contribution in [0.4, 0.5) is 0 Å². The number of hydrogen-bond donors (Lipinski definition) is 0. The van der Waals surface area contributed by atoms with Crippen LogP contribution in [0, 0.1) is 0 Å². The maximum atomic E-state index is 9.28. The molecule has 47 valence electrons. The molecule has 0 saturated heterocycles. The number of hydrogen-bond acceptors (Lipinski definition) is 1. The molecular formula is C4H5Cl2CrO. The summed E-state index contributed by atoms with van der Waals surface area (Å²) in [5, 5.41) is 0. The van der Waals surface area contributed by atoms with Crippen molar-refractivity contribution in [1.29, 1.82) is 0 Å². The van der Waals surface area contributed by atoms with E-state index in [2.05, 4.69) is 6.58 Å². The van der Waals surface area contributed by atoms with Crippen molar-refractivity contribution in [2.75, 3.05) is 0 Å². The normalized spacial score (nSPS) is 4.12. The summed E-state index contributed by atoms with van der Waals surface area (Å²) in [5.41, 5.74) is 0.449. The summed E-state index contributed by atoms with van der Waals surface area (Å²) >= 11 is 0.